The number of nitrogens with one attached hydrogen (secondary N) is 1. The van der Waals surface area contributed by atoms with Crippen LogP contribution in [-0.4, -0.2) is 56.1 Å². The molecule has 3 aliphatic heterocycles. The Kier molecular flexibility index (Phi) is 4.05. The Morgan fingerprint density at radius 2 is 2.36 bits per heavy atom. The van der Waals surface area contributed by atoms with E-state index in [0.717, 1.165) is 19.4 Å². The van der Waals surface area contributed by atoms with Gasteiger partial charge in [0.1, 0.15) is 0 Å². The van der Waals surface area contributed by atoms with E-state index in [9.17, 15) is 13.2 Å². The van der Waals surface area contributed by atoms with Crippen LogP contribution in [0.5, 0.6) is 0 Å². The number of amides is 1. The maximum Gasteiger partial charge on any atom is 0.256 e. The van der Waals surface area contributed by atoms with Crippen molar-refractivity contribution in [3.63, 3.8) is 0 Å². The van der Waals surface area contributed by atoms with Crippen molar-refractivity contribution in [1.29, 1.82) is 0 Å². The summed E-state index contributed by atoms with van der Waals surface area (Å²) in [6.07, 6.45) is 6.97. The van der Waals surface area contributed by atoms with Crippen LogP contribution in [0.1, 0.15) is 19.8 Å². The Balaban J connectivity index is 1.77. The van der Waals surface area contributed by atoms with E-state index in [1.165, 1.54) is 0 Å². The lowest BCUT2D eigenvalue weighted by Crippen LogP contribution is -2.46. The van der Waals surface area contributed by atoms with Gasteiger partial charge in [0.15, 0.2) is 5.84 Å². The topological polar surface area (TPSA) is 88.1 Å². The van der Waals surface area contributed by atoms with E-state index < -0.39 is 10.0 Å². The third kappa shape index (κ3) is 3.07. The second-order valence-corrected chi connectivity index (χ2v) is 7.38. The summed E-state index contributed by atoms with van der Waals surface area (Å²) in [4.78, 5) is 14.1. The Hall–Kier alpha value is -1.67. The molecule has 1 N–H and O–H groups in total. The molecule has 120 valence electrons. The van der Waals surface area contributed by atoms with Gasteiger partial charge < -0.3 is 15.0 Å². The number of nitrogens with zero attached hydrogens (tertiary/aromatic N) is 2. The number of ether oxygens (including phenoxy) is 1. The van der Waals surface area contributed by atoms with Crippen LogP contribution in [0.3, 0.4) is 0 Å². The van der Waals surface area contributed by atoms with E-state index in [1.54, 1.807) is 23.3 Å². The van der Waals surface area contributed by atoms with Crippen molar-refractivity contribution in [3.8, 4) is 0 Å². The second kappa shape index (κ2) is 5.85. The summed E-state index contributed by atoms with van der Waals surface area (Å²) in [6.45, 7) is 2.92. The molecule has 0 saturated carbocycles. The highest BCUT2D eigenvalue weighted by molar-refractivity contribution is 7.90. The number of amidine groups is 1. The van der Waals surface area contributed by atoms with Crippen LogP contribution in [0.4, 0.5) is 0 Å². The van der Waals surface area contributed by atoms with Gasteiger partial charge >= 0.3 is 0 Å². The maximum atomic E-state index is 12.5. The molecule has 0 aromatic rings. The first kappa shape index (κ1) is 15.2. The number of allylic oxidation sites excluding steroid dienone is 2. The van der Waals surface area contributed by atoms with Gasteiger partial charge in [-0.15, -0.1) is 4.40 Å². The molecule has 0 aromatic carbocycles. The smallest absolute Gasteiger partial charge is 0.256 e. The normalized spacial score (nSPS) is 27.7. The maximum absolute atomic E-state index is 12.5. The Bertz CT molecular complexity index is 660. The van der Waals surface area contributed by atoms with Crippen molar-refractivity contribution < 1.29 is 17.9 Å². The zero-order valence-corrected chi connectivity index (χ0v) is 13.2. The molecule has 0 radical (unpaired) electrons. The molecule has 22 heavy (non-hydrogen) atoms. The lowest BCUT2D eigenvalue weighted by molar-refractivity contribution is -0.118. The van der Waals surface area contributed by atoms with Crippen LogP contribution in [0.15, 0.2) is 28.3 Å². The van der Waals surface area contributed by atoms with Crippen molar-refractivity contribution in [1.82, 2.24) is 10.2 Å². The van der Waals surface area contributed by atoms with E-state index >= 15 is 0 Å². The van der Waals surface area contributed by atoms with Gasteiger partial charge in [0, 0.05) is 19.4 Å². The molecule has 1 saturated heterocycles. The lowest BCUT2D eigenvalue weighted by Gasteiger charge is -2.29. The SMILES string of the molecule is CC(NC(=O)C1=CC=CN2CCS(=O)(=O)N=C12)C1CCCO1. The van der Waals surface area contributed by atoms with Crippen LogP contribution in [0.2, 0.25) is 0 Å². The summed E-state index contributed by atoms with van der Waals surface area (Å²) < 4.78 is 32.7. The summed E-state index contributed by atoms with van der Waals surface area (Å²) in [6, 6.07) is -0.129. The molecular formula is C14H19N3O4S. The number of sulfonamides is 1. The second-order valence-electron chi connectivity index (χ2n) is 5.63. The number of carbonyl (C=O) groups is 1. The molecule has 2 unspecified atom stereocenters. The van der Waals surface area contributed by atoms with Crippen LogP contribution in [0.25, 0.3) is 0 Å². The molecule has 1 fully saturated rings. The molecule has 1 amide bonds. The van der Waals surface area contributed by atoms with Crippen molar-refractivity contribution in [2.75, 3.05) is 18.9 Å². The first-order chi connectivity index (χ1) is 10.5. The fourth-order valence-electron chi connectivity index (χ4n) is 2.77. The Morgan fingerprint density at radius 1 is 1.55 bits per heavy atom. The van der Waals surface area contributed by atoms with Crippen LogP contribution >= 0.6 is 0 Å². The van der Waals surface area contributed by atoms with E-state index in [4.69, 9.17) is 4.74 Å². The third-order valence-corrected chi connectivity index (χ3v) is 5.13. The summed E-state index contributed by atoms with van der Waals surface area (Å²) in [5.74, 6) is -0.166. The minimum Gasteiger partial charge on any atom is -0.376 e. The zero-order chi connectivity index (χ0) is 15.7. The van der Waals surface area contributed by atoms with Gasteiger partial charge in [0.05, 0.1) is 23.5 Å². The van der Waals surface area contributed by atoms with Crippen molar-refractivity contribution in [2.45, 2.75) is 31.9 Å². The van der Waals surface area contributed by atoms with Crippen molar-refractivity contribution >= 4 is 21.8 Å². The molecule has 0 aromatic heterocycles. The predicted molar refractivity (Wildman–Crippen MR) is 81.7 cm³/mol. The highest BCUT2D eigenvalue weighted by Gasteiger charge is 2.31. The fraction of sp³-hybridized carbons (Fsp3) is 0.571. The van der Waals surface area contributed by atoms with Gasteiger partial charge in [-0.25, -0.2) is 8.42 Å². The highest BCUT2D eigenvalue weighted by Crippen LogP contribution is 2.19. The highest BCUT2D eigenvalue weighted by atomic mass is 32.2. The standard InChI is InChI=1S/C14H19N3O4S/c1-10(12-5-3-8-21-12)15-14(18)11-4-2-6-17-7-9-22(19,20)16-13(11)17/h2,4,6,10,12H,3,5,7-9H2,1H3,(H,15,18). The first-order valence-corrected chi connectivity index (χ1v) is 8.98. The predicted octanol–water partition coefficient (Wildman–Crippen LogP) is 0.168. The minimum absolute atomic E-state index is 0.0109. The van der Waals surface area contributed by atoms with Gasteiger partial charge in [0.25, 0.3) is 15.9 Å². The summed E-state index contributed by atoms with van der Waals surface area (Å²) in [5.41, 5.74) is 0.274. The molecule has 0 aliphatic carbocycles. The van der Waals surface area contributed by atoms with Gasteiger partial charge in [-0.3, -0.25) is 4.79 Å². The first-order valence-electron chi connectivity index (χ1n) is 7.37. The third-order valence-electron chi connectivity index (χ3n) is 3.98. The fourth-order valence-corrected chi connectivity index (χ4v) is 3.75. The Labute approximate surface area is 129 Å². The largest absolute Gasteiger partial charge is 0.376 e. The average Bonchev–Trinajstić information content (AvgIpc) is 2.99. The monoisotopic (exact) mass is 325 g/mol. The van der Waals surface area contributed by atoms with Gasteiger partial charge in [0.2, 0.25) is 0 Å². The van der Waals surface area contributed by atoms with E-state index in [2.05, 4.69) is 9.71 Å². The summed E-state index contributed by atoms with van der Waals surface area (Å²) in [7, 11) is -3.50. The van der Waals surface area contributed by atoms with Gasteiger partial charge in [-0.05, 0) is 31.9 Å². The van der Waals surface area contributed by atoms with E-state index in [1.807, 2.05) is 6.92 Å². The van der Waals surface area contributed by atoms with Crippen LogP contribution < -0.4 is 5.32 Å². The molecule has 8 heteroatoms. The molecule has 3 heterocycles. The molecule has 2 atom stereocenters. The van der Waals surface area contributed by atoms with Crippen LogP contribution in [-0.2, 0) is 19.6 Å². The van der Waals surface area contributed by atoms with Gasteiger partial charge in [-0.2, -0.15) is 0 Å². The van der Waals surface area contributed by atoms with E-state index in [0.29, 0.717) is 6.54 Å². The minimum atomic E-state index is -3.50. The summed E-state index contributed by atoms with van der Waals surface area (Å²) >= 11 is 0. The molecule has 7 nitrogen and oxygen atoms in total. The van der Waals surface area contributed by atoms with Crippen molar-refractivity contribution in [3.05, 3.63) is 23.9 Å². The number of hydrogen-bond acceptors (Lipinski definition) is 5. The van der Waals surface area contributed by atoms with Crippen molar-refractivity contribution in [2.24, 2.45) is 4.40 Å². The average molecular weight is 325 g/mol. The molecule has 3 aliphatic rings. The number of carbonyl (C=O) groups excluding carboxylic acids is 1. The molecular weight excluding hydrogens is 306 g/mol. The lowest BCUT2D eigenvalue weighted by atomic mass is 10.1. The number of rotatable bonds is 3. The molecule has 3 rings (SSSR count). The molecule has 0 spiro atoms. The van der Waals surface area contributed by atoms with E-state index in [-0.39, 0.29) is 35.2 Å². The summed E-state index contributed by atoms with van der Waals surface area (Å²) in [5, 5.41) is 2.88. The van der Waals surface area contributed by atoms with Crippen LogP contribution in [0, 0.1) is 0 Å². The van der Waals surface area contributed by atoms with Gasteiger partial charge in [-0.1, -0.05) is 0 Å². The molecule has 0 bridgehead atoms. The zero-order valence-electron chi connectivity index (χ0n) is 12.4. The quantitative estimate of drug-likeness (QED) is 0.799. The number of hydrogen-bond donors (Lipinski definition) is 1. The number of fused-ring (bicyclic) bond motifs is 1. The Morgan fingerprint density at radius 3 is 3.09 bits per heavy atom.